The number of carboxylic acids is 1. The number of rotatable bonds is 22. The number of aromatic amines is 2. The van der Waals surface area contributed by atoms with E-state index in [4.69, 9.17) is 72.7 Å². The monoisotopic (exact) mass is 2170 g/mol. The minimum Gasteiger partial charge on any atom is -0.870 e. The SMILES string of the molecule is CCO.CCO.CCOC(=O)CCC(=O)c1ccc(OCCF)c(OC)c1.CCOC(=O)CN.CI.COC(=O)c1ccc(O)c(OC)c1.COC(=O)c1ccc(OCF)c(OC)c1.COc1cc(C(=O)O)ccc1OCF.Cc1[nH]c(Br)nc1Br.Cc1c(Br)nc(Br)n1C.Cc1cnc[nH]1.ClCCl.FCCBr.[B]=NS.[K+].[Na+].[OH-].[OH-]. The smallest absolute Gasteiger partial charge is 0.870 e. The van der Waals surface area contributed by atoms with E-state index >= 15 is 0 Å². The number of carboxylic acid groups (broad SMARTS) is 1. The van der Waals surface area contributed by atoms with E-state index in [1.165, 1.54) is 103 Å². The molecule has 4 aromatic carbocycles. The van der Waals surface area contributed by atoms with Gasteiger partial charge in [0.2, 0.25) is 13.7 Å². The molecule has 0 spiro atoms. The molecule has 1 radical (unpaired) electrons. The molecule has 0 saturated carbocycles. The molecule has 0 unspecified atom stereocenters. The second kappa shape index (κ2) is 92.3. The van der Waals surface area contributed by atoms with Gasteiger partial charge in [0.15, 0.2) is 61.2 Å². The van der Waals surface area contributed by atoms with Crippen LogP contribution in [0.2, 0.25) is 0 Å². The van der Waals surface area contributed by atoms with Gasteiger partial charge in [-0.25, -0.2) is 42.5 Å². The number of hydrogen-bond donors (Lipinski definition) is 8. The number of Topliss-reactive ketones (excluding diaryl/α,β-unsaturated/α-hetero) is 1. The average Bonchev–Trinajstić information content (AvgIpc) is 1.87. The van der Waals surface area contributed by atoms with Gasteiger partial charge in [-0.15, -0.1) is 23.2 Å². The quantitative estimate of drug-likeness (QED) is 0.00457. The summed E-state index contributed by atoms with van der Waals surface area (Å²) >= 11 is 30.8. The first-order valence-corrected chi connectivity index (χ1v) is 39.2. The van der Waals surface area contributed by atoms with Gasteiger partial charge in [-0.05, 0) is 190 Å². The summed E-state index contributed by atoms with van der Waals surface area (Å²) in [7, 11) is 14.5. The van der Waals surface area contributed by atoms with Crippen molar-refractivity contribution in [2.75, 3.05) is 125 Å². The molecule has 3 heterocycles. The zero-order chi connectivity index (χ0) is 86.8. The zero-order valence-electron chi connectivity index (χ0n) is 66.5. The molecule has 115 heavy (non-hydrogen) atoms. The summed E-state index contributed by atoms with van der Waals surface area (Å²) in [6, 6.07) is 17.2. The third-order valence-electron chi connectivity index (χ3n) is 10.9. The number of aromatic hydroxyl groups is 1. The molecule has 0 bridgehead atoms. The molecular weight excluding hydrogens is 2080 g/mol. The van der Waals surface area contributed by atoms with Crippen LogP contribution >= 0.6 is 138 Å². The van der Waals surface area contributed by atoms with Crippen molar-refractivity contribution < 1.29 is 211 Å². The van der Waals surface area contributed by atoms with Crippen molar-refractivity contribution in [1.82, 2.24) is 29.5 Å². The largest absolute Gasteiger partial charge is 1.00 e. The van der Waals surface area contributed by atoms with Gasteiger partial charge in [0, 0.05) is 60.9 Å². The summed E-state index contributed by atoms with van der Waals surface area (Å²) in [6.45, 7) is 11.0. The van der Waals surface area contributed by atoms with E-state index in [0.717, 1.165) is 35.8 Å². The predicted molar refractivity (Wildman–Crippen MR) is 452 cm³/mol. The summed E-state index contributed by atoms with van der Waals surface area (Å²) in [6.07, 6.45) is 3.54. The molecule has 31 nitrogen and oxygen atoms in total. The van der Waals surface area contributed by atoms with Crippen LogP contribution in [0.3, 0.4) is 0 Å². The number of nitrogens with two attached hydrogens (primary N) is 1. The number of aryl methyl sites for hydroxylation is 2. The normalized spacial score (nSPS) is 8.64. The molecule has 0 amide bonds. The minimum absolute atomic E-state index is 0. The first-order chi connectivity index (χ1) is 52.8. The molecule has 10 N–H and O–H groups in total. The molecular formula is C68H98BBr5Cl2F4IKN8NaO23S. The first-order valence-electron chi connectivity index (χ1n) is 31.3. The van der Waals surface area contributed by atoms with Gasteiger partial charge in [-0.1, -0.05) is 38.5 Å². The number of halogens is 12. The number of H-pyrrole nitrogens is 2. The molecule has 643 valence electrons. The number of thiol groups is 1. The van der Waals surface area contributed by atoms with Crippen LogP contribution < -0.4 is 120 Å². The maximum absolute atomic E-state index is 12.1. The van der Waals surface area contributed by atoms with Gasteiger partial charge < -0.3 is 104 Å². The van der Waals surface area contributed by atoms with Gasteiger partial charge in [-0.2, -0.15) is 0 Å². The Kier molecular flexibility index (Phi) is 108. The Morgan fingerprint density at radius 3 is 1.30 bits per heavy atom. The first kappa shape index (κ1) is 134. The number of esters is 4. The van der Waals surface area contributed by atoms with Gasteiger partial charge in [0.1, 0.15) is 22.5 Å². The average molecular weight is 2170 g/mol. The number of hydrogen-bond acceptors (Lipinski definition) is 28. The summed E-state index contributed by atoms with van der Waals surface area (Å²) in [5.74, 6) is -1.08. The number of nitrogens with one attached hydrogen (secondary N) is 2. The molecule has 0 saturated heterocycles. The number of imidazole rings is 3. The van der Waals surface area contributed by atoms with E-state index in [9.17, 15) is 51.4 Å². The number of carbonyl (C=O) groups is 6. The van der Waals surface area contributed by atoms with Crippen molar-refractivity contribution in [3.63, 3.8) is 0 Å². The second-order valence-electron chi connectivity index (χ2n) is 18.3. The Labute approximate surface area is 804 Å². The maximum Gasteiger partial charge on any atom is 1.00 e. The molecule has 0 fully saturated rings. The number of phenols is 1. The van der Waals surface area contributed by atoms with Crippen LogP contribution in [0.4, 0.5) is 17.6 Å². The topological polar surface area (TPSA) is 458 Å². The second-order valence-corrected chi connectivity index (χ2v) is 23.1. The molecule has 3 aromatic heterocycles. The van der Waals surface area contributed by atoms with E-state index in [0.29, 0.717) is 46.7 Å². The minimum atomic E-state index is -1.07. The summed E-state index contributed by atoms with van der Waals surface area (Å²) in [5, 5.41) is 33.7. The third-order valence-corrected chi connectivity index (χ3v) is 13.8. The van der Waals surface area contributed by atoms with Crippen molar-refractivity contribution in [2.45, 2.75) is 61.3 Å². The van der Waals surface area contributed by atoms with E-state index in [2.05, 4.69) is 176 Å². The van der Waals surface area contributed by atoms with Gasteiger partial charge in [0.25, 0.3) is 0 Å². The number of aromatic nitrogens is 6. The number of nitrogens with zero attached hydrogens (tertiary/aromatic N) is 5. The summed E-state index contributed by atoms with van der Waals surface area (Å²) in [5.41, 5.74) is 9.29. The van der Waals surface area contributed by atoms with Crippen molar-refractivity contribution >= 4 is 182 Å². The Balaban J connectivity index is -0.000000118. The molecule has 7 aromatic rings. The zero-order valence-corrected chi connectivity index (χ0v) is 84.1. The van der Waals surface area contributed by atoms with Crippen molar-refractivity contribution in [2.24, 2.45) is 17.1 Å². The van der Waals surface area contributed by atoms with Gasteiger partial charge >= 0.3 is 136 Å². The summed E-state index contributed by atoms with van der Waals surface area (Å²) in [4.78, 5) is 85.7. The van der Waals surface area contributed by atoms with Crippen LogP contribution in [-0.4, -0.2) is 229 Å². The van der Waals surface area contributed by atoms with Crippen LogP contribution in [0.15, 0.2) is 108 Å². The molecule has 0 aliphatic carbocycles. The van der Waals surface area contributed by atoms with Crippen LogP contribution in [0, 0.1) is 20.8 Å². The number of aliphatic hydroxyl groups is 2. The number of phenolic OH excluding ortho intramolecular Hbond substituents is 1. The number of alkyl halides is 8. The van der Waals surface area contributed by atoms with Crippen LogP contribution in [0.25, 0.3) is 0 Å². The van der Waals surface area contributed by atoms with Crippen molar-refractivity contribution in [3.8, 4) is 46.0 Å². The Bertz CT molecular complexity index is 3560. The Hall–Kier alpha value is -3.99. The van der Waals surface area contributed by atoms with Gasteiger partial charge in [-0.3, -0.25) is 18.8 Å². The number of aliphatic hydroxyl groups excluding tert-OH is 2. The van der Waals surface area contributed by atoms with E-state index in [-0.39, 0.29) is 195 Å². The fourth-order valence-electron chi connectivity index (χ4n) is 6.16. The molecule has 7 rings (SSSR count). The van der Waals surface area contributed by atoms with E-state index in [1.54, 1.807) is 52.4 Å². The summed E-state index contributed by atoms with van der Waals surface area (Å²) < 4.78 is 107. The van der Waals surface area contributed by atoms with Crippen LogP contribution in [0.1, 0.15) is 99.1 Å². The number of ether oxygens (including phenoxy) is 11. The fraction of sp³-hybridized carbons (Fsp3) is 0.426. The molecule has 0 aliphatic heterocycles. The number of ketones is 1. The standard InChI is InChI=1S/C15H19FO5.C10H11FO4.C9H9FO4.C9H10O4.C5H6Br2N2.C4H4Br2N2.C4H6N2.C4H9NO2.C2H4BrF.2C2H6O.CH2Cl2.CH3I.BHNS.K.Na.2H2O/c1-3-20-15(18)7-5-12(17)11-4-6-13(21-9-8-16)14(10-11)19-2;1-13-9-5-7(10(12)14-2)3-4-8(9)15-6-11;1-13-8-4-6(9(11)12)2-3-7(8)14-5-10;1-12-8-5-6(9(11)13-2)3-4-7(8)10;1-3-4(6)8-5(7)9(3)2;1-2-3(5)8-4(6)7-2;1-4-2-5-3-6-4;1-2-7-4(6)3-5;3-1-2-4;2*1-2-3;2-1-3;1-2;1-2-3;;;;/h4,6,10H,3,5,7-9H2,1-2H3;3-5H,6H2,1-2H3;2-4H,5H2,1H3,(H,11,12);3-5,10H,1-2H3;1-2H3;1H3,(H,7,8);2-3H,1H3,(H,5,6);2-3,5H2,1H3;1-2H2;2*3H,2H2,1H3;1H2;1H3;3H;;;2*1H2/q;;;;;;;;;;;;;;2*+1;;/p-2. The molecule has 0 atom stereocenters. The molecule has 0 aliphatic rings. The van der Waals surface area contributed by atoms with Crippen molar-refractivity contribution in [1.29, 1.82) is 0 Å². The number of carbonyl (C=O) groups excluding carboxylic acids is 5. The van der Waals surface area contributed by atoms with Crippen LogP contribution in [-0.2, 0) is 35.6 Å². The van der Waals surface area contributed by atoms with Crippen molar-refractivity contribution in [3.05, 3.63) is 143 Å². The fourth-order valence-corrected chi connectivity index (χ4v) is 8.26. The predicted octanol–water partition coefficient (Wildman–Crippen LogP) is 9.63. The number of aromatic carboxylic acids is 1. The number of methoxy groups -OCH3 is 6. The van der Waals surface area contributed by atoms with Crippen LogP contribution in [0.5, 0.6) is 46.0 Å². The number of benzene rings is 4. The maximum atomic E-state index is 12.1. The van der Waals surface area contributed by atoms with Gasteiger partial charge in [0.05, 0.1) is 104 Å². The Morgan fingerprint density at radius 1 is 0.643 bits per heavy atom. The molecule has 47 heteroatoms. The van der Waals surface area contributed by atoms with E-state index < -0.39 is 44.3 Å². The van der Waals surface area contributed by atoms with E-state index in [1.807, 2.05) is 37.3 Å². The Morgan fingerprint density at radius 2 is 1.03 bits per heavy atom. The third kappa shape index (κ3) is 70.4.